The summed E-state index contributed by atoms with van der Waals surface area (Å²) in [6.45, 7) is 7.02. The zero-order chi connectivity index (χ0) is 42.8. The van der Waals surface area contributed by atoms with E-state index in [9.17, 15) is 32.8 Å². The van der Waals surface area contributed by atoms with Gasteiger partial charge in [-0.15, -0.1) is 0 Å². The van der Waals surface area contributed by atoms with Crippen molar-refractivity contribution in [3.63, 3.8) is 0 Å². The Labute approximate surface area is 352 Å². The summed E-state index contributed by atoms with van der Waals surface area (Å²) in [6, 6.07) is 26.8. The minimum atomic E-state index is -2.07. The highest BCUT2D eigenvalue weighted by Gasteiger charge is 2.34. The van der Waals surface area contributed by atoms with Crippen LogP contribution in [0.2, 0.25) is 0 Å². The maximum Gasteiger partial charge on any atom is 0.338 e. The zero-order valence-electron chi connectivity index (χ0n) is 32.3. The minimum Gasteiger partial charge on any atom is -0.461 e. The maximum atomic E-state index is 14.7. The van der Waals surface area contributed by atoms with Crippen LogP contribution in [0.4, 0.5) is 8.78 Å². The number of rotatable bonds is 17. The highest BCUT2D eigenvalue weighted by atomic mass is 79.9. The molecule has 0 spiro atoms. The van der Waals surface area contributed by atoms with E-state index in [4.69, 9.17) is 18.9 Å². The highest BCUT2D eigenvalue weighted by Crippen LogP contribution is 2.21. The molecule has 4 rings (SSSR count). The fraction of sp³-hybridized carbons (Fsp3) is 0.302. The van der Waals surface area contributed by atoms with E-state index in [1.165, 1.54) is 7.11 Å². The fourth-order valence-electron chi connectivity index (χ4n) is 4.77. The van der Waals surface area contributed by atoms with Crippen LogP contribution in [0.1, 0.15) is 63.7 Å². The molecule has 0 fully saturated rings. The Balaban J connectivity index is 0.000000311. The molecule has 0 saturated heterocycles. The lowest BCUT2D eigenvalue weighted by Crippen LogP contribution is -2.39. The van der Waals surface area contributed by atoms with Gasteiger partial charge in [0.1, 0.15) is 20.3 Å². The summed E-state index contributed by atoms with van der Waals surface area (Å²) in [4.78, 5) is 62.7. The Morgan fingerprint density at radius 1 is 0.552 bits per heavy atom. The van der Waals surface area contributed by atoms with Gasteiger partial charge in [0.2, 0.25) is 0 Å². The summed E-state index contributed by atoms with van der Waals surface area (Å²) in [5.74, 6) is -2.65. The van der Waals surface area contributed by atoms with Crippen LogP contribution in [0.15, 0.2) is 102 Å². The molecule has 0 bridgehead atoms. The second-order valence-corrected chi connectivity index (χ2v) is 15.2. The Kier molecular flexibility index (Phi) is 19.4. The van der Waals surface area contributed by atoms with Gasteiger partial charge in [-0.25, -0.2) is 28.0 Å². The van der Waals surface area contributed by atoms with Gasteiger partial charge in [-0.1, -0.05) is 108 Å². The van der Waals surface area contributed by atoms with Crippen LogP contribution in [0.25, 0.3) is 0 Å². The molecule has 0 saturated carbocycles. The number of carbonyl (C=O) groups excluding carboxylic acids is 5. The third-order valence-electron chi connectivity index (χ3n) is 8.16. The number of halogens is 4. The van der Waals surface area contributed by atoms with Crippen molar-refractivity contribution in [2.45, 2.75) is 61.9 Å². The molecule has 0 N–H and O–H groups in total. The third-order valence-corrected chi connectivity index (χ3v) is 9.73. The quantitative estimate of drug-likeness (QED) is 0.0253. The van der Waals surface area contributed by atoms with Gasteiger partial charge in [0.25, 0.3) is 0 Å². The molecule has 6 atom stereocenters. The summed E-state index contributed by atoms with van der Waals surface area (Å²) in [5.41, 5.74) is 5.13. The van der Waals surface area contributed by atoms with Crippen molar-refractivity contribution in [3.8, 4) is 0 Å². The number of hydrogen-bond acceptors (Lipinski definition) is 11. The molecular weight excluding hydrogens is 888 g/mol. The number of benzene rings is 4. The van der Waals surface area contributed by atoms with Gasteiger partial charge in [-0.3, -0.25) is 4.79 Å². The van der Waals surface area contributed by atoms with Crippen molar-refractivity contribution in [1.29, 1.82) is 0 Å². The summed E-state index contributed by atoms with van der Waals surface area (Å²) in [7, 11) is 1.27. The number of esters is 4. The topological polar surface area (TPSA) is 144 Å². The predicted molar refractivity (Wildman–Crippen MR) is 220 cm³/mol. The standard InChI is InChI=1S/C22H23BrFNO5.C21H20BrFO5/c1-14-4-8-16(9-5-14)21(26)29-13-18(23)20(19(24)12-25-28-3)30-22(27)17-10-6-15(2)7-11-17;1-13-3-7-15(8-4-13)20(25)27-12-17(22)19(18(23)11-24)28-21(26)16-9-5-14(2)6-10-16/h4-12,18-20H,13H2,1-3H3;3-11,17-19H,12H2,1-2H3/t18-,19+,20+;17-,18+,19+/m00/s1. The Hall–Kier alpha value is -5.28. The number of nitrogens with zero attached hydrogens (tertiary/aromatic N) is 1. The molecule has 308 valence electrons. The number of ether oxygens (including phenoxy) is 4. The summed E-state index contributed by atoms with van der Waals surface area (Å²) < 4.78 is 49.6. The molecule has 0 aromatic heterocycles. The monoisotopic (exact) mass is 929 g/mol. The molecule has 15 heteroatoms. The zero-order valence-corrected chi connectivity index (χ0v) is 35.5. The van der Waals surface area contributed by atoms with Crippen LogP contribution < -0.4 is 0 Å². The van der Waals surface area contributed by atoms with Gasteiger partial charge in [0, 0.05) is 0 Å². The number of carbonyl (C=O) groups is 5. The molecular formula is C43H43Br2F2NO10. The first-order valence-electron chi connectivity index (χ1n) is 17.7. The minimum absolute atomic E-state index is 0.0448. The first kappa shape index (κ1) is 47.1. The van der Waals surface area contributed by atoms with E-state index in [0.717, 1.165) is 28.5 Å². The van der Waals surface area contributed by atoms with Gasteiger partial charge in [0.05, 0.1) is 38.1 Å². The van der Waals surface area contributed by atoms with Gasteiger partial charge < -0.3 is 23.8 Å². The Morgan fingerprint density at radius 2 is 0.845 bits per heavy atom. The van der Waals surface area contributed by atoms with E-state index < -0.39 is 58.1 Å². The number of aldehydes is 1. The predicted octanol–water partition coefficient (Wildman–Crippen LogP) is 8.41. The van der Waals surface area contributed by atoms with Gasteiger partial charge in [-0.05, 0) is 76.2 Å². The van der Waals surface area contributed by atoms with E-state index in [1.807, 2.05) is 27.7 Å². The summed E-state index contributed by atoms with van der Waals surface area (Å²) in [5, 5.41) is 3.40. The number of oxime groups is 1. The number of alkyl halides is 4. The molecule has 0 aliphatic rings. The molecule has 0 aliphatic carbocycles. The van der Waals surface area contributed by atoms with Crippen LogP contribution >= 0.6 is 31.9 Å². The molecule has 4 aromatic carbocycles. The van der Waals surface area contributed by atoms with E-state index in [1.54, 1.807) is 97.1 Å². The lowest BCUT2D eigenvalue weighted by atomic mass is 10.1. The first-order chi connectivity index (χ1) is 27.6. The molecule has 0 aliphatic heterocycles. The Morgan fingerprint density at radius 3 is 1.14 bits per heavy atom. The van der Waals surface area contributed by atoms with E-state index in [-0.39, 0.29) is 30.6 Å². The van der Waals surface area contributed by atoms with Crippen molar-refractivity contribution in [2.24, 2.45) is 5.16 Å². The van der Waals surface area contributed by atoms with Crippen LogP contribution in [0.3, 0.4) is 0 Å². The van der Waals surface area contributed by atoms with Crippen LogP contribution in [-0.4, -0.2) is 90.9 Å². The lowest BCUT2D eigenvalue weighted by molar-refractivity contribution is -0.115. The largest absolute Gasteiger partial charge is 0.461 e. The molecule has 58 heavy (non-hydrogen) atoms. The first-order valence-corrected chi connectivity index (χ1v) is 19.6. The second kappa shape index (κ2) is 23.8. The van der Waals surface area contributed by atoms with Crippen molar-refractivity contribution in [1.82, 2.24) is 0 Å². The van der Waals surface area contributed by atoms with Gasteiger partial charge in [0.15, 0.2) is 30.8 Å². The van der Waals surface area contributed by atoms with Crippen LogP contribution in [-0.2, 0) is 28.6 Å². The molecule has 0 unspecified atom stereocenters. The van der Waals surface area contributed by atoms with Crippen molar-refractivity contribution >= 4 is 68.2 Å². The normalized spacial score (nSPS) is 13.9. The van der Waals surface area contributed by atoms with Gasteiger partial charge in [-0.2, -0.15) is 0 Å². The molecule has 4 aromatic rings. The summed E-state index contributed by atoms with van der Waals surface area (Å²) in [6.07, 6.45) is -5.69. The van der Waals surface area contributed by atoms with Crippen molar-refractivity contribution in [3.05, 3.63) is 142 Å². The summed E-state index contributed by atoms with van der Waals surface area (Å²) >= 11 is 6.42. The van der Waals surface area contributed by atoms with E-state index in [0.29, 0.717) is 11.1 Å². The average Bonchev–Trinajstić information content (AvgIpc) is 3.22. The number of aryl methyl sites for hydroxylation is 4. The van der Waals surface area contributed by atoms with E-state index >= 15 is 0 Å². The second-order valence-electron chi connectivity index (χ2n) is 12.9. The van der Waals surface area contributed by atoms with Gasteiger partial charge >= 0.3 is 23.9 Å². The third kappa shape index (κ3) is 15.2. The molecule has 11 nitrogen and oxygen atoms in total. The van der Waals surface area contributed by atoms with Crippen molar-refractivity contribution in [2.75, 3.05) is 20.3 Å². The fourth-order valence-corrected chi connectivity index (χ4v) is 5.83. The van der Waals surface area contributed by atoms with Crippen molar-refractivity contribution < 1.29 is 56.5 Å². The smallest absolute Gasteiger partial charge is 0.338 e. The van der Waals surface area contributed by atoms with E-state index in [2.05, 4.69) is 41.9 Å². The molecule has 0 amide bonds. The molecule has 0 radical (unpaired) electrons. The highest BCUT2D eigenvalue weighted by molar-refractivity contribution is 9.09. The SMILES string of the molecule is CON=C[C@@H](F)[C@H](OC(=O)c1ccc(C)cc1)[C@@H](Br)COC(=O)c1ccc(C)cc1.Cc1ccc(C(=O)OC[C@H](Br)[C@@H](OC(=O)c2ccc(C)cc2)[C@H](F)C=O)cc1. The van der Waals surface area contributed by atoms with Crippen LogP contribution in [0.5, 0.6) is 0 Å². The Bertz CT molecular complexity index is 1980. The number of hydrogen-bond donors (Lipinski definition) is 0. The average molecular weight is 932 g/mol. The van der Waals surface area contributed by atoms with Crippen LogP contribution in [0, 0.1) is 27.7 Å². The maximum absolute atomic E-state index is 14.7. The lowest BCUT2D eigenvalue weighted by Gasteiger charge is -2.24. The molecule has 0 heterocycles.